The van der Waals surface area contributed by atoms with Gasteiger partial charge in [0.15, 0.2) is 0 Å². The highest BCUT2D eigenvalue weighted by atomic mass is 16.6. The summed E-state index contributed by atoms with van der Waals surface area (Å²) in [5.74, 6) is -1.21. The maximum absolute atomic E-state index is 12.6. The van der Waals surface area contributed by atoms with E-state index in [1.165, 1.54) is 12.1 Å². The molecular weight excluding hydrogens is 350 g/mol. The zero-order valence-electron chi connectivity index (χ0n) is 14.7. The van der Waals surface area contributed by atoms with Crippen LogP contribution in [0.3, 0.4) is 0 Å². The third-order valence-corrected chi connectivity index (χ3v) is 4.19. The summed E-state index contributed by atoms with van der Waals surface area (Å²) >= 11 is 0. The molecule has 0 unspecified atom stereocenters. The Balaban J connectivity index is 1.84. The van der Waals surface area contributed by atoms with Crippen molar-refractivity contribution >= 4 is 23.3 Å². The number of nitrogens with one attached hydrogen (secondary N) is 2. The predicted octanol–water partition coefficient (Wildman–Crippen LogP) is 2.81. The Labute approximate surface area is 155 Å². The van der Waals surface area contributed by atoms with Gasteiger partial charge in [0.2, 0.25) is 6.10 Å². The van der Waals surface area contributed by atoms with Crippen molar-refractivity contribution in [1.82, 2.24) is 5.32 Å². The number of esters is 1. The Morgan fingerprint density at radius 1 is 1.19 bits per heavy atom. The van der Waals surface area contributed by atoms with Crippen molar-refractivity contribution in [3.8, 4) is 0 Å². The van der Waals surface area contributed by atoms with Gasteiger partial charge < -0.3 is 15.4 Å². The summed E-state index contributed by atoms with van der Waals surface area (Å²) in [6, 6.07) is 12.8. The number of carbonyl (C=O) groups excluding carboxylic acids is 2. The molecule has 1 amide bonds. The minimum Gasteiger partial charge on any atom is -0.444 e. The van der Waals surface area contributed by atoms with Crippen molar-refractivity contribution < 1.29 is 19.2 Å². The molecule has 1 aliphatic carbocycles. The number of hydrogen-bond donors (Lipinski definition) is 2. The van der Waals surface area contributed by atoms with Crippen molar-refractivity contribution in [2.75, 3.05) is 12.4 Å². The van der Waals surface area contributed by atoms with Crippen LogP contribution in [0, 0.1) is 10.1 Å². The smallest absolute Gasteiger partial charge is 0.339 e. The average Bonchev–Trinajstić information content (AvgIpc) is 3.49. The molecule has 1 aliphatic rings. The Morgan fingerprint density at radius 2 is 1.89 bits per heavy atom. The molecule has 2 aromatic rings. The van der Waals surface area contributed by atoms with E-state index in [4.69, 9.17) is 4.74 Å². The maximum atomic E-state index is 12.6. The largest absolute Gasteiger partial charge is 0.444 e. The van der Waals surface area contributed by atoms with Crippen LogP contribution in [0.2, 0.25) is 0 Å². The number of nitro groups is 1. The SMILES string of the molecule is CNc1ccc(C(=O)O[C@H](C(=O)NC2CC2)c2ccccc2)cc1[N+](=O)[O-]. The number of nitrogens with zero attached hydrogens (tertiary/aromatic N) is 1. The first-order valence-electron chi connectivity index (χ1n) is 8.52. The van der Waals surface area contributed by atoms with Crippen LogP contribution in [0.25, 0.3) is 0 Å². The molecular formula is C19H19N3O5. The molecule has 1 fully saturated rings. The van der Waals surface area contributed by atoms with Crippen molar-refractivity contribution in [3.63, 3.8) is 0 Å². The fourth-order valence-electron chi connectivity index (χ4n) is 2.60. The molecule has 0 heterocycles. The lowest BCUT2D eigenvalue weighted by atomic mass is 10.1. The van der Waals surface area contributed by atoms with E-state index in [9.17, 15) is 19.7 Å². The van der Waals surface area contributed by atoms with Crippen molar-refractivity contribution in [2.24, 2.45) is 0 Å². The van der Waals surface area contributed by atoms with Gasteiger partial charge in [-0.1, -0.05) is 30.3 Å². The maximum Gasteiger partial charge on any atom is 0.339 e. The van der Waals surface area contributed by atoms with E-state index in [0.717, 1.165) is 18.9 Å². The lowest BCUT2D eigenvalue weighted by molar-refractivity contribution is -0.384. The van der Waals surface area contributed by atoms with E-state index in [-0.39, 0.29) is 23.0 Å². The molecule has 0 bridgehead atoms. The van der Waals surface area contributed by atoms with Crippen LogP contribution in [0.4, 0.5) is 11.4 Å². The number of ether oxygens (including phenoxy) is 1. The van der Waals surface area contributed by atoms with Gasteiger partial charge >= 0.3 is 5.97 Å². The second-order valence-electron chi connectivity index (χ2n) is 6.22. The fourth-order valence-corrected chi connectivity index (χ4v) is 2.60. The highest BCUT2D eigenvalue weighted by Gasteiger charge is 2.31. The standard InChI is InChI=1S/C19H19N3O5/c1-20-15-10-7-13(11-16(15)22(25)26)19(24)27-17(12-5-3-2-4-6-12)18(23)21-14-8-9-14/h2-7,10-11,14,17,20H,8-9H2,1H3,(H,21,23)/t17-/m0/s1. The van der Waals surface area contributed by atoms with Gasteiger partial charge in [-0.25, -0.2) is 4.79 Å². The lowest BCUT2D eigenvalue weighted by Gasteiger charge is -2.18. The van der Waals surface area contributed by atoms with E-state index in [1.807, 2.05) is 0 Å². The minimum absolute atomic E-state index is 0.000790. The van der Waals surface area contributed by atoms with Crippen molar-refractivity contribution in [3.05, 3.63) is 69.8 Å². The molecule has 0 spiro atoms. The van der Waals surface area contributed by atoms with Gasteiger partial charge in [-0.15, -0.1) is 0 Å². The molecule has 3 rings (SSSR count). The molecule has 2 N–H and O–H groups in total. The topological polar surface area (TPSA) is 111 Å². The number of nitro benzene ring substituents is 1. The van der Waals surface area contributed by atoms with E-state index in [1.54, 1.807) is 37.4 Å². The van der Waals surface area contributed by atoms with Gasteiger partial charge in [0.1, 0.15) is 5.69 Å². The van der Waals surface area contributed by atoms with E-state index < -0.39 is 22.9 Å². The van der Waals surface area contributed by atoms with E-state index >= 15 is 0 Å². The molecule has 27 heavy (non-hydrogen) atoms. The second kappa shape index (κ2) is 7.86. The second-order valence-corrected chi connectivity index (χ2v) is 6.22. The van der Waals surface area contributed by atoms with Gasteiger partial charge in [-0.05, 0) is 25.0 Å². The van der Waals surface area contributed by atoms with Crippen LogP contribution in [0.15, 0.2) is 48.5 Å². The summed E-state index contributed by atoms with van der Waals surface area (Å²) in [5, 5.41) is 16.7. The third kappa shape index (κ3) is 4.41. The predicted molar refractivity (Wildman–Crippen MR) is 98.4 cm³/mol. The molecule has 8 nitrogen and oxygen atoms in total. The molecule has 0 saturated heterocycles. The third-order valence-electron chi connectivity index (χ3n) is 4.19. The van der Waals surface area contributed by atoms with Crippen LogP contribution in [0.5, 0.6) is 0 Å². The van der Waals surface area contributed by atoms with Crippen LogP contribution in [0.1, 0.15) is 34.9 Å². The van der Waals surface area contributed by atoms with Crippen LogP contribution >= 0.6 is 0 Å². The Bertz CT molecular complexity index is 865. The molecule has 8 heteroatoms. The molecule has 0 aromatic heterocycles. The van der Waals surface area contributed by atoms with Crippen LogP contribution < -0.4 is 10.6 Å². The number of carbonyl (C=O) groups is 2. The summed E-state index contributed by atoms with van der Waals surface area (Å²) < 4.78 is 5.43. The van der Waals surface area contributed by atoms with Gasteiger partial charge in [0, 0.05) is 24.7 Å². The van der Waals surface area contributed by atoms with Gasteiger partial charge in [-0.3, -0.25) is 14.9 Å². The molecule has 2 aromatic carbocycles. The van der Waals surface area contributed by atoms with Crippen LogP contribution in [-0.2, 0) is 9.53 Å². The Hall–Kier alpha value is -3.42. The molecule has 0 radical (unpaired) electrons. The highest BCUT2D eigenvalue weighted by Crippen LogP contribution is 2.27. The monoisotopic (exact) mass is 369 g/mol. The van der Waals surface area contributed by atoms with Gasteiger partial charge in [0.25, 0.3) is 11.6 Å². The number of rotatable bonds is 7. The zero-order valence-corrected chi connectivity index (χ0v) is 14.7. The first-order chi connectivity index (χ1) is 13.0. The summed E-state index contributed by atoms with van der Waals surface area (Å²) in [5.41, 5.74) is 0.569. The Morgan fingerprint density at radius 3 is 2.48 bits per heavy atom. The fraction of sp³-hybridized carbons (Fsp3) is 0.263. The first-order valence-corrected chi connectivity index (χ1v) is 8.52. The molecule has 1 atom stereocenters. The number of amides is 1. The van der Waals surface area contributed by atoms with Crippen molar-refractivity contribution in [1.29, 1.82) is 0 Å². The molecule has 1 saturated carbocycles. The van der Waals surface area contributed by atoms with Gasteiger partial charge in [0.05, 0.1) is 10.5 Å². The average molecular weight is 369 g/mol. The number of benzene rings is 2. The Kier molecular flexibility index (Phi) is 5.35. The quantitative estimate of drug-likeness (QED) is 0.441. The highest BCUT2D eigenvalue weighted by molar-refractivity contribution is 5.94. The normalized spacial score (nSPS) is 14.1. The van der Waals surface area contributed by atoms with E-state index in [0.29, 0.717) is 5.56 Å². The number of anilines is 1. The summed E-state index contributed by atoms with van der Waals surface area (Å²) in [6.45, 7) is 0. The minimum atomic E-state index is -1.12. The molecule has 140 valence electrons. The van der Waals surface area contributed by atoms with Crippen LogP contribution in [-0.4, -0.2) is 29.9 Å². The zero-order chi connectivity index (χ0) is 19.4. The number of hydrogen-bond acceptors (Lipinski definition) is 6. The summed E-state index contributed by atoms with van der Waals surface area (Å²) in [7, 11) is 1.55. The summed E-state index contributed by atoms with van der Waals surface area (Å²) in [4.78, 5) is 35.7. The van der Waals surface area contributed by atoms with E-state index in [2.05, 4.69) is 10.6 Å². The van der Waals surface area contributed by atoms with Crippen molar-refractivity contribution in [2.45, 2.75) is 25.0 Å². The molecule has 0 aliphatic heterocycles. The summed E-state index contributed by atoms with van der Waals surface area (Å²) in [6.07, 6.45) is 0.680. The first kappa shape index (κ1) is 18.4. The lowest BCUT2D eigenvalue weighted by Crippen LogP contribution is -2.33. The van der Waals surface area contributed by atoms with Gasteiger partial charge in [-0.2, -0.15) is 0 Å².